The van der Waals surface area contributed by atoms with E-state index in [0.717, 1.165) is 11.1 Å². The van der Waals surface area contributed by atoms with Crippen LogP contribution < -0.4 is 11.1 Å². The maximum absolute atomic E-state index is 11.6. The summed E-state index contributed by atoms with van der Waals surface area (Å²) in [5.41, 5.74) is 15.7. The molecule has 0 aromatic heterocycles. The van der Waals surface area contributed by atoms with Crippen molar-refractivity contribution in [2.75, 3.05) is 19.8 Å². The highest BCUT2D eigenvalue weighted by Crippen LogP contribution is 2.04. The van der Waals surface area contributed by atoms with Crippen LogP contribution in [0.1, 0.15) is 17.5 Å². The van der Waals surface area contributed by atoms with Crippen molar-refractivity contribution >= 4 is 5.91 Å². The number of hydrogen-bond acceptors (Lipinski definition) is 4. The fourth-order valence-electron chi connectivity index (χ4n) is 1.57. The Balaban J connectivity index is 2.17. The van der Waals surface area contributed by atoms with Crippen LogP contribution in [0.4, 0.5) is 0 Å². The quantitative estimate of drug-likeness (QED) is 0.308. The van der Waals surface area contributed by atoms with Crippen molar-refractivity contribution in [2.24, 2.45) is 10.8 Å². The number of nitrogens with one attached hydrogen (secondary N) is 1. The molecule has 0 saturated heterocycles. The minimum atomic E-state index is -0.0769. The molecule has 0 aliphatic carbocycles. The number of ether oxygens (including phenoxy) is 1. The van der Waals surface area contributed by atoms with Crippen LogP contribution in [-0.4, -0.2) is 25.7 Å². The van der Waals surface area contributed by atoms with E-state index in [1.165, 1.54) is 0 Å². The van der Waals surface area contributed by atoms with Crippen molar-refractivity contribution in [1.29, 1.82) is 0 Å². The molecule has 0 heterocycles. The molecule has 108 valence electrons. The Morgan fingerprint density at radius 3 is 2.95 bits per heavy atom. The highest BCUT2D eigenvalue weighted by atomic mass is 16.5. The molecule has 1 aromatic carbocycles. The number of rotatable bonds is 9. The Hall–Kier alpha value is -2.08. The third kappa shape index (κ3) is 6.75. The van der Waals surface area contributed by atoms with Gasteiger partial charge >= 0.3 is 0 Å². The molecule has 0 atom stereocenters. The first-order chi connectivity index (χ1) is 9.76. The Bertz CT molecular complexity index is 472. The molecule has 0 bridgehead atoms. The molecular weight excluding hydrogens is 258 g/mol. The van der Waals surface area contributed by atoms with Crippen molar-refractivity contribution < 1.29 is 9.53 Å². The number of carbonyl (C=O) groups excluding carboxylic acids is 1. The summed E-state index contributed by atoms with van der Waals surface area (Å²) in [5.74, 6) is -0.0769. The van der Waals surface area contributed by atoms with Crippen LogP contribution >= 0.6 is 0 Å². The number of nitrogens with zero attached hydrogens (tertiary/aromatic N) is 3. The van der Waals surface area contributed by atoms with Gasteiger partial charge in [-0.15, -0.1) is 0 Å². The number of amides is 1. The topological polar surface area (TPSA) is 113 Å². The van der Waals surface area contributed by atoms with E-state index in [1.54, 1.807) is 0 Å². The molecule has 0 radical (unpaired) electrons. The molecule has 0 unspecified atom stereocenters. The van der Waals surface area contributed by atoms with E-state index in [9.17, 15) is 4.79 Å². The summed E-state index contributed by atoms with van der Waals surface area (Å²) in [5, 5.41) is 6.14. The van der Waals surface area contributed by atoms with E-state index in [4.69, 9.17) is 16.0 Å². The predicted molar refractivity (Wildman–Crippen MR) is 75.6 cm³/mol. The third-order valence-electron chi connectivity index (χ3n) is 2.59. The van der Waals surface area contributed by atoms with Crippen LogP contribution in [0.2, 0.25) is 0 Å². The zero-order valence-corrected chi connectivity index (χ0v) is 11.3. The van der Waals surface area contributed by atoms with Crippen LogP contribution in [-0.2, 0) is 22.6 Å². The first kappa shape index (κ1) is 16.0. The summed E-state index contributed by atoms with van der Waals surface area (Å²) in [6.45, 7) is 1.89. The highest BCUT2D eigenvalue weighted by molar-refractivity contribution is 5.75. The monoisotopic (exact) mass is 277 g/mol. The van der Waals surface area contributed by atoms with Gasteiger partial charge in [-0.05, 0) is 16.7 Å². The lowest BCUT2D eigenvalue weighted by atomic mass is 10.1. The van der Waals surface area contributed by atoms with Gasteiger partial charge < -0.3 is 15.8 Å². The summed E-state index contributed by atoms with van der Waals surface area (Å²) >= 11 is 0. The number of benzene rings is 1. The first-order valence-electron chi connectivity index (χ1n) is 6.39. The average molecular weight is 277 g/mol. The van der Waals surface area contributed by atoms with Gasteiger partial charge in [0.15, 0.2) is 0 Å². The van der Waals surface area contributed by atoms with Gasteiger partial charge in [-0.3, -0.25) is 4.79 Å². The zero-order chi connectivity index (χ0) is 14.6. The average Bonchev–Trinajstić information content (AvgIpc) is 2.49. The van der Waals surface area contributed by atoms with E-state index in [1.807, 2.05) is 24.3 Å². The molecule has 3 N–H and O–H groups in total. The smallest absolute Gasteiger partial charge is 0.222 e. The van der Waals surface area contributed by atoms with E-state index >= 15 is 0 Å². The van der Waals surface area contributed by atoms with E-state index in [2.05, 4.69) is 15.3 Å². The van der Waals surface area contributed by atoms with E-state index in [0.29, 0.717) is 26.3 Å². The van der Waals surface area contributed by atoms with E-state index < -0.39 is 0 Å². The summed E-state index contributed by atoms with van der Waals surface area (Å²) in [4.78, 5) is 14.2. The van der Waals surface area contributed by atoms with Gasteiger partial charge in [-0.1, -0.05) is 29.4 Å². The molecule has 1 amide bonds. The van der Waals surface area contributed by atoms with Gasteiger partial charge in [-0.25, -0.2) is 0 Å². The fourth-order valence-corrected chi connectivity index (χ4v) is 1.57. The molecule has 1 aromatic rings. The van der Waals surface area contributed by atoms with Crippen molar-refractivity contribution in [1.82, 2.24) is 5.32 Å². The SMILES string of the molecule is [N-]=[N+]=NCCOCCC(=O)NCc1cccc(CN)c1. The van der Waals surface area contributed by atoms with Crippen molar-refractivity contribution in [3.63, 3.8) is 0 Å². The Morgan fingerprint density at radius 2 is 2.20 bits per heavy atom. The lowest BCUT2D eigenvalue weighted by Gasteiger charge is -2.07. The molecule has 0 fully saturated rings. The Labute approximate surface area is 117 Å². The minimum Gasteiger partial charge on any atom is -0.381 e. The highest BCUT2D eigenvalue weighted by Gasteiger charge is 2.01. The molecule has 7 heteroatoms. The second kappa shape index (κ2) is 9.80. The van der Waals surface area contributed by atoms with E-state index in [-0.39, 0.29) is 18.9 Å². The summed E-state index contributed by atoms with van der Waals surface area (Å²) < 4.78 is 5.15. The normalized spacial score (nSPS) is 9.85. The molecule has 0 aliphatic heterocycles. The van der Waals surface area contributed by atoms with Crippen molar-refractivity contribution in [3.05, 3.63) is 45.8 Å². The minimum absolute atomic E-state index is 0.0769. The number of nitrogens with two attached hydrogens (primary N) is 1. The lowest BCUT2D eigenvalue weighted by molar-refractivity contribution is -0.122. The molecule has 1 rings (SSSR count). The molecular formula is C13H19N5O2. The Kier molecular flexibility index (Phi) is 7.83. The predicted octanol–water partition coefficient (Wildman–Crippen LogP) is 1.48. The van der Waals surface area contributed by atoms with Gasteiger partial charge in [0.05, 0.1) is 13.2 Å². The van der Waals surface area contributed by atoms with Crippen LogP contribution in [0.3, 0.4) is 0 Å². The maximum atomic E-state index is 11.6. The van der Waals surface area contributed by atoms with Gasteiger partial charge in [0.1, 0.15) is 0 Å². The molecule has 7 nitrogen and oxygen atoms in total. The van der Waals surface area contributed by atoms with Crippen molar-refractivity contribution in [3.8, 4) is 0 Å². The number of azide groups is 1. The first-order valence-corrected chi connectivity index (χ1v) is 6.39. The van der Waals surface area contributed by atoms with Crippen LogP contribution in [0, 0.1) is 0 Å². The van der Waals surface area contributed by atoms with Crippen molar-refractivity contribution in [2.45, 2.75) is 19.5 Å². The maximum Gasteiger partial charge on any atom is 0.222 e. The zero-order valence-electron chi connectivity index (χ0n) is 11.3. The largest absolute Gasteiger partial charge is 0.381 e. The second-order valence-corrected chi connectivity index (χ2v) is 4.12. The van der Waals surface area contributed by atoms with Gasteiger partial charge in [0.25, 0.3) is 0 Å². The molecule has 0 aliphatic rings. The van der Waals surface area contributed by atoms with Gasteiger partial charge in [0, 0.05) is 31.0 Å². The van der Waals surface area contributed by atoms with Gasteiger partial charge in [-0.2, -0.15) is 0 Å². The summed E-state index contributed by atoms with van der Waals surface area (Å²) in [6.07, 6.45) is 0.285. The molecule has 0 saturated carbocycles. The molecule has 0 spiro atoms. The summed E-state index contributed by atoms with van der Waals surface area (Å²) in [6, 6.07) is 7.78. The van der Waals surface area contributed by atoms with Gasteiger partial charge in [0.2, 0.25) is 5.91 Å². The van der Waals surface area contributed by atoms with Crippen LogP contribution in [0.15, 0.2) is 29.4 Å². The summed E-state index contributed by atoms with van der Waals surface area (Å²) in [7, 11) is 0. The Morgan fingerprint density at radius 1 is 1.40 bits per heavy atom. The third-order valence-corrected chi connectivity index (χ3v) is 2.59. The second-order valence-electron chi connectivity index (χ2n) is 4.12. The number of hydrogen-bond donors (Lipinski definition) is 2. The standard InChI is InChI=1S/C13H19N5O2/c14-9-11-2-1-3-12(8-11)10-16-13(19)4-6-20-7-5-17-18-15/h1-3,8H,4-7,9-10,14H2,(H,16,19). The number of carbonyl (C=O) groups is 1. The molecule has 20 heavy (non-hydrogen) atoms. The lowest BCUT2D eigenvalue weighted by Crippen LogP contribution is -2.24. The van der Waals surface area contributed by atoms with Crippen LogP contribution in [0.25, 0.3) is 10.4 Å². The fraction of sp³-hybridized carbons (Fsp3) is 0.462. The van der Waals surface area contributed by atoms with Crippen LogP contribution in [0.5, 0.6) is 0 Å².